The SMILES string of the molecule is CC(C)(C)OC(=O)N1C=Cc2c(n(CC(=O)O)c3cc(Cl)cc(Cl)c23)C=C1. The van der Waals surface area contributed by atoms with Gasteiger partial charge in [-0.05, 0) is 45.1 Å². The van der Waals surface area contributed by atoms with Crippen LogP contribution < -0.4 is 0 Å². The molecule has 0 aliphatic carbocycles. The third-order valence-corrected chi connectivity index (χ3v) is 4.37. The van der Waals surface area contributed by atoms with Gasteiger partial charge in [0.15, 0.2) is 0 Å². The first-order chi connectivity index (χ1) is 12.6. The molecule has 2 aromatic rings. The second kappa shape index (κ2) is 6.94. The van der Waals surface area contributed by atoms with E-state index in [1.807, 2.05) is 0 Å². The minimum absolute atomic E-state index is 0.271. The van der Waals surface area contributed by atoms with Crippen LogP contribution in [0.15, 0.2) is 24.5 Å². The Labute approximate surface area is 166 Å². The first-order valence-corrected chi connectivity index (χ1v) is 8.93. The van der Waals surface area contributed by atoms with Gasteiger partial charge in [-0.1, -0.05) is 23.2 Å². The van der Waals surface area contributed by atoms with E-state index in [0.717, 1.165) is 0 Å². The van der Waals surface area contributed by atoms with Gasteiger partial charge in [0.1, 0.15) is 12.1 Å². The maximum absolute atomic E-state index is 12.3. The predicted octanol–water partition coefficient (Wildman–Crippen LogP) is 5.22. The zero-order chi connectivity index (χ0) is 19.9. The summed E-state index contributed by atoms with van der Waals surface area (Å²) < 4.78 is 6.97. The van der Waals surface area contributed by atoms with Crippen LogP contribution in [0.2, 0.25) is 10.0 Å². The molecule has 1 aliphatic rings. The molecular weight excluding hydrogens is 391 g/mol. The summed E-state index contributed by atoms with van der Waals surface area (Å²) in [5.41, 5.74) is 1.29. The fourth-order valence-electron chi connectivity index (χ4n) is 2.89. The van der Waals surface area contributed by atoms with E-state index in [1.165, 1.54) is 11.1 Å². The van der Waals surface area contributed by atoms with Gasteiger partial charge in [-0.2, -0.15) is 0 Å². The van der Waals surface area contributed by atoms with Crippen LogP contribution in [0.3, 0.4) is 0 Å². The van der Waals surface area contributed by atoms with Crippen LogP contribution in [-0.4, -0.2) is 32.2 Å². The molecule has 142 valence electrons. The van der Waals surface area contributed by atoms with Crippen LogP contribution in [0.5, 0.6) is 0 Å². The quantitative estimate of drug-likeness (QED) is 0.738. The molecule has 27 heavy (non-hydrogen) atoms. The van der Waals surface area contributed by atoms with Gasteiger partial charge < -0.3 is 14.4 Å². The largest absolute Gasteiger partial charge is 0.480 e. The summed E-state index contributed by atoms with van der Waals surface area (Å²) in [6.07, 6.45) is 5.92. The van der Waals surface area contributed by atoms with E-state index in [-0.39, 0.29) is 6.54 Å². The minimum Gasteiger partial charge on any atom is -0.480 e. The first-order valence-electron chi connectivity index (χ1n) is 8.17. The summed E-state index contributed by atoms with van der Waals surface area (Å²) in [5, 5.41) is 10.8. The van der Waals surface area contributed by atoms with Crippen molar-refractivity contribution in [3.05, 3.63) is 45.8 Å². The minimum atomic E-state index is -1.00. The molecule has 0 unspecified atom stereocenters. The smallest absolute Gasteiger partial charge is 0.418 e. The molecule has 1 aromatic heterocycles. The first kappa shape index (κ1) is 19.3. The Kier molecular flexibility index (Phi) is 4.97. The molecule has 1 aliphatic heterocycles. The van der Waals surface area contributed by atoms with Crippen molar-refractivity contribution in [1.82, 2.24) is 9.47 Å². The molecule has 1 N–H and O–H groups in total. The Morgan fingerprint density at radius 3 is 2.44 bits per heavy atom. The number of fused-ring (bicyclic) bond motifs is 3. The number of aromatic nitrogens is 1. The highest BCUT2D eigenvalue weighted by molar-refractivity contribution is 6.39. The number of carbonyl (C=O) groups is 2. The van der Waals surface area contributed by atoms with Crippen molar-refractivity contribution in [2.75, 3.05) is 0 Å². The van der Waals surface area contributed by atoms with Gasteiger partial charge in [-0.25, -0.2) is 4.79 Å². The summed E-state index contributed by atoms with van der Waals surface area (Å²) in [6.45, 7) is 5.07. The number of hydrogen-bond donors (Lipinski definition) is 1. The van der Waals surface area contributed by atoms with Crippen LogP contribution >= 0.6 is 23.2 Å². The fourth-order valence-corrected chi connectivity index (χ4v) is 3.47. The highest BCUT2D eigenvalue weighted by atomic mass is 35.5. The molecule has 3 rings (SSSR count). The van der Waals surface area contributed by atoms with Crippen molar-refractivity contribution in [3.8, 4) is 0 Å². The van der Waals surface area contributed by atoms with Crippen LogP contribution in [0.1, 0.15) is 32.0 Å². The molecular formula is C19H18Cl2N2O4. The molecule has 2 heterocycles. The lowest BCUT2D eigenvalue weighted by molar-refractivity contribution is -0.137. The highest BCUT2D eigenvalue weighted by Crippen LogP contribution is 2.37. The van der Waals surface area contributed by atoms with Gasteiger partial charge in [0.05, 0.1) is 16.2 Å². The third kappa shape index (κ3) is 3.96. The van der Waals surface area contributed by atoms with E-state index in [1.54, 1.807) is 55.8 Å². The summed E-state index contributed by atoms with van der Waals surface area (Å²) >= 11 is 12.5. The number of amides is 1. The van der Waals surface area contributed by atoms with Gasteiger partial charge in [0.25, 0.3) is 0 Å². The third-order valence-electron chi connectivity index (χ3n) is 3.85. The number of rotatable bonds is 2. The molecule has 8 heteroatoms. The second-order valence-electron chi connectivity index (χ2n) is 7.08. The van der Waals surface area contributed by atoms with Crippen molar-refractivity contribution in [2.45, 2.75) is 32.9 Å². The zero-order valence-corrected chi connectivity index (χ0v) is 16.5. The van der Waals surface area contributed by atoms with Crippen LogP contribution in [0.25, 0.3) is 23.1 Å². The Morgan fingerprint density at radius 2 is 1.81 bits per heavy atom. The van der Waals surface area contributed by atoms with E-state index in [2.05, 4.69) is 0 Å². The van der Waals surface area contributed by atoms with Crippen molar-refractivity contribution < 1.29 is 19.4 Å². The molecule has 0 spiro atoms. The van der Waals surface area contributed by atoms with Gasteiger partial charge in [0, 0.05) is 28.4 Å². The molecule has 0 saturated heterocycles. The molecule has 0 saturated carbocycles. The molecule has 1 aromatic carbocycles. The van der Waals surface area contributed by atoms with Crippen molar-refractivity contribution in [2.24, 2.45) is 0 Å². The average molecular weight is 409 g/mol. The van der Waals surface area contributed by atoms with E-state index in [9.17, 15) is 14.7 Å². The zero-order valence-electron chi connectivity index (χ0n) is 15.0. The number of halogens is 2. The highest BCUT2D eigenvalue weighted by Gasteiger charge is 2.23. The lowest BCUT2D eigenvalue weighted by Gasteiger charge is -2.22. The van der Waals surface area contributed by atoms with Crippen LogP contribution in [0.4, 0.5) is 4.79 Å². The number of ether oxygens (including phenoxy) is 1. The topological polar surface area (TPSA) is 71.8 Å². The van der Waals surface area contributed by atoms with Crippen molar-refractivity contribution in [1.29, 1.82) is 0 Å². The van der Waals surface area contributed by atoms with Gasteiger partial charge in [-0.15, -0.1) is 0 Å². The lowest BCUT2D eigenvalue weighted by Crippen LogP contribution is -2.30. The number of nitrogens with zero attached hydrogens (tertiary/aromatic N) is 2. The second-order valence-corrected chi connectivity index (χ2v) is 7.92. The molecule has 0 radical (unpaired) electrons. The molecule has 0 atom stereocenters. The Bertz CT molecular complexity index is 1000. The lowest BCUT2D eigenvalue weighted by atomic mass is 10.1. The van der Waals surface area contributed by atoms with Gasteiger partial charge in [0.2, 0.25) is 0 Å². The van der Waals surface area contributed by atoms with E-state index in [4.69, 9.17) is 27.9 Å². The Balaban J connectivity index is 2.13. The van der Waals surface area contributed by atoms with Gasteiger partial charge in [-0.3, -0.25) is 9.69 Å². The van der Waals surface area contributed by atoms with Crippen LogP contribution in [-0.2, 0) is 16.1 Å². The summed E-state index contributed by atoms with van der Waals surface area (Å²) in [7, 11) is 0. The summed E-state index contributed by atoms with van der Waals surface area (Å²) in [4.78, 5) is 25.0. The predicted molar refractivity (Wildman–Crippen MR) is 106 cm³/mol. The summed E-state index contributed by atoms with van der Waals surface area (Å²) in [5.74, 6) is -1.00. The van der Waals surface area contributed by atoms with E-state index in [0.29, 0.717) is 32.2 Å². The Hall–Kier alpha value is -2.44. The van der Waals surface area contributed by atoms with E-state index < -0.39 is 17.7 Å². The molecule has 1 amide bonds. The maximum Gasteiger partial charge on any atom is 0.418 e. The van der Waals surface area contributed by atoms with Gasteiger partial charge >= 0.3 is 12.1 Å². The molecule has 0 fully saturated rings. The van der Waals surface area contributed by atoms with Crippen LogP contribution in [0, 0.1) is 0 Å². The number of hydrogen-bond acceptors (Lipinski definition) is 3. The number of carbonyl (C=O) groups excluding carboxylic acids is 1. The molecule has 0 bridgehead atoms. The van der Waals surface area contributed by atoms with Crippen molar-refractivity contribution in [3.63, 3.8) is 0 Å². The summed E-state index contributed by atoms with van der Waals surface area (Å²) in [6, 6.07) is 3.28. The Morgan fingerprint density at radius 1 is 1.15 bits per heavy atom. The number of benzene rings is 1. The average Bonchev–Trinajstić information content (AvgIpc) is 2.67. The maximum atomic E-state index is 12.3. The van der Waals surface area contributed by atoms with E-state index >= 15 is 0 Å². The van der Waals surface area contributed by atoms with Crippen molar-refractivity contribution >= 4 is 58.3 Å². The number of aliphatic carboxylic acids is 1. The number of carboxylic acids is 1. The number of carboxylic acid groups (broad SMARTS) is 1. The standard InChI is InChI=1S/C19H18Cl2N2O4/c1-19(2,3)27-18(26)22-6-4-12-14(5-7-22)23(10-16(24)25)15-9-11(20)8-13(21)17(12)15/h4-9H,10H2,1-3H3,(H,24,25). The molecule has 6 nitrogen and oxygen atoms in total. The normalized spacial score (nSPS) is 13.6. The monoisotopic (exact) mass is 408 g/mol. The fraction of sp³-hybridized carbons (Fsp3) is 0.263.